The third-order valence-electron chi connectivity index (χ3n) is 5.61. The molecule has 200 valence electrons. The van der Waals surface area contributed by atoms with Crippen molar-refractivity contribution in [3.05, 3.63) is 114 Å². The Kier molecular flexibility index (Phi) is 8.38. The zero-order chi connectivity index (χ0) is 27.9. The van der Waals surface area contributed by atoms with E-state index in [9.17, 15) is 14.4 Å². The van der Waals surface area contributed by atoms with Crippen LogP contribution in [0.1, 0.15) is 21.7 Å². The minimum Gasteiger partial charge on any atom is -0.465 e. The number of carbonyl (C=O) groups is 3. The molecule has 0 radical (unpaired) electrons. The molecular weight excluding hydrogens is 544 g/mol. The average molecular weight is 569 g/mol. The van der Waals surface area contributed by atoms with Crippen LogP contribution in [0.4, 0.5) is 10.8 Å². The van der Waals surface area contributed by atoms with Crippen molar-refractivity contribution >= 4 is 67.9 Å². The fourth-order valence-corrected chi connectivity index (χ4v) is 5.44. The molecule has 0 fully saturated rings. The van der Waals surface area contributed by atoms with E-state index in [0.717, 1.165) is 20.7 Å². The summed E-state index contributed by atoms with van der Waals surface area (Å²) in [5.41, 5.74) is 2.93. The number of amides is 3. The summed E-state index contributed by atoms with van der Waals surface area (Å²) < 4.78 is 6.36. The van der Waals surface area contributed by atoms with Crippen molar-refractivity contribution in [2.24, 2.45) is 0 Å². The van der Waals surface area contributed by atoms with Crippen LogP contribution in [0.15, 0.2) is 106 Å². The van der Waals surface area contributed by atoms with Gasteiger partial charge in [-0.3, -0.25) is 14.4 Å². The smallest absolute Gasteiger partial charge is 0.272 e. The second kappa shape index (κ2) is 12.5. The number of nitrogens with one attached hydrogen (secondary N) is 3. The lowest BCUT2D eigenvalue weighted by atomic mass is 10.2. The Morgan fingerprint density at radius 2 is 1.80 bits per heavy atom. The Labute approximate surface area is 238 Å². The Hall–Kier alpha value is -4.67. The topological polar surface area (TPSA) is 113 Å². The van der Waals surface area contributed by atoms with Gasteiger partial charge < -0.3 is 20.4 Å². The average Bonchev–Trinajstić information content (AvgIpc) is 3.61. The molecule has 8 nitrogen and oxygen atoms in total. The number of thioether (sulfide) groups is 1. The van der Waals surface area contributed by atoms with Crippen LogP contribution < -0.4 is 16.0 Å². The van der Waals surface area contributed by atoms with Gasteiger partial charge in [0.15, 0.2) is 5.13 Å². The van der Waals surface area contributed by atoms with Crippen LogP contribution in [0.3, 0.4) is 0 Å². The zero-order valence-corrected chi connectivity index (χ0v) is 23.0. The number of hydrogen-bond acceptors (Lipinski definition) is 7. The molecule has 0 saturated carbocycles. The number of hydrogen-bond donors (Lipinski definition) is 3. The summed E-state index contributed by atoms with van der Waals surface area (Å²) >= 11 is 2.77. The minimum atomic E-state index is -0.522. The quantitative estimate of drug-likeness (QED) is 0.141. The Bertz CT molecular complexity index is 1700. The summed E-state index contributed by atoms with van der Waals surface area (Å²) in [7, 11) is 0. The van der Waals surface area contributed by atoms with Gasteiger partial charge in [0.1, 0.15) is 11.5 Å². The number of aromatic nitrogens is 1. The van der Waals surface area contributed by atoms with E-state index < -0.39 is 11.8 Å². The molecule has 10 heteroatoms. The first-order chi connectivity index (χ1) is 19.4. The number of fused-ring (bicyclic) bond motifs is 1. The van der Waals surface area contributed by atoms with Crippen molar-refractivity contribution in [1.82, 2.24) is 10.3 Å². The summed E-state index contributed by atoms with van der Waals surface area (Å²) in [6.45, 7) is 2.02. The van der Waals surface area contributed by atoms with Crippen LogP contribution >= 0.6 is 23.1 Å². The van der Waals surface area contributed by atoms with Gasteiger partial charge in [-0.05, 0) is 67.1 Å². The van der Waals surface area contributed by atoms with Crippen molar-refractivity contribution < 1.29 is 18.8 Å². The third-order valence-corrected chi connectivity index (χ3v) is 7.54. The molecule has 5 rings (SSSR count). The number of benzene rings is 3. The van der Waals surface area contributed by atoms with Gasteiger partial charge in [0.05, 0.1) is 22.2 Å². The van der Waals surface area contributed by atoms with Gasteiger partial charge in [-0.2, -0.15) is 0 Å². The molecule has 0 saturated heterocycles. The largest absolute Gasteiger partial charge is 0.465 e. The standard InChI is InChI=1S/C30H24N4O4S2/c1-19-12-13-24-26(15-19)40-30(33-24)34-27(35)18-39-23-11-5-9-21(16-23)31-29(37)25(17-22-10-6-14-38-22)32-28(36)20-7-3-2-4-8-20/h2-17H,18H2,1H3,(H,31,37)(H,32,36)(H,33,34,35)/b25-17-. The molecule has 0 aliphatic heterocycles. The van der Waals surface area contributed by atoms with Gasteiger partial charge in [0.2, 0.25) is 5.91 Å². The maximum Gasteiger partial charge on any atom is 0.272 e. The first-order valence-electron chi connectivity index (χ1n) is 12.3. The molecule has 2 aromatic heterocycles. The van der Waals surface area contributed by atoms with Crippen LogP contribution in [0.5, 0.6) is 0 Å². The Morgan fingerprint density at radius 3 is 2.60 bits per heavy atom. The minimum absolute atomic E-state index is 0.0206. The lowest BCUT2D eigenvalue weighted by Gasteiger charge is -2.12. The van der Waals surface area contributed by atoms with Gasteiger partial charge in [-0.15, -0.1) is 11.8 Å². The van der Waals surface area contributed by atoms with Gasteiger partial charge in [0, 0.05) is 22.2 Å². The molecule has 0 bridgehead atoms. The molecule has 0 spiro atoms. The Morgan fingerprint density at radius 1 is 0.950 bits per heavy atom. The summed E-state index contributed by atoms with van der Waals surface area (Å²) in [5, 5.41) is 8.89. The van der Waals surface area contributed by atoms with Gasteiger partial charge >= 0.3 is 0 Å². The SMILES string of the molecule is Cc1ccc2nc(NC(=O)CSc3cccc(NC(=O)/C(=C/c4ccco4)NC(=O)c4ccccc4)c3)sc2c1. The highest BCUT2D eigenvalue weighted by molar-refractivity contribution is 8.00. The van der Waals surface area contributed by atoms with E-state index in [4.69, 9.17) is 4.42 Å². The van der Waals surface area contributed by atoms with E-state index >= 15 is 0 Å². The van der Waals surface area contributed by atoms with Crippen molar-refractivity contribution in [3.63, 3.8) is 0 Å². The normalized spacial score (nSPS) is 11.3. The molecule has 3 amide bonds. The lowest BCUT2D eigenvalue weighted by Crippen LogP contribution is -2.30. The molecule has 0 unspecified atom stereocenters. The molecule has 0 atom stereocenters. The molecule has 40 heavy (non-hydrogen) atoms. The zero-order valence-electron chi connectivity index (χ0n) is 21.3. The van der Waals surface area contributed by atoms with Gasteiger partial charge in [0.25, 0.3) is 11.8 Å². The van der Waals surface area contributed by atoms with Crippen LogP contribution in [-0.4, -0.2) is 28.5 Å². The van der Waals surface area contributed by atoms with E-state index in [-0.39, 0.29) is 17.4 Å². The van der Waals surface area contributed by atoms with Crippen LogP contribution in [-0.2, 0) is 9.59 Å². The molecule has 0 aliphatic rings. The second-order valence-corrected chi connectivity index (χ2v) is 10.8. The monoisotopic (exact) mass is 568 g/mol. The summed E-state index contributed by atoms with van der Waals surface area (Å²) in [4.78, 5) is 43.7. The van der Waals surface area contributed by atoms with Crippen molar-refractivity contribution in [1.29, 1.82) is 0 Å². The summed E-state index contributed by atoms with van der Waals surface area (Å²) in [5.74, 6) is -0.540. The summed E-state index contributed by atoms with van der Waals surface area (Å²) in [6.07, 6.45) is 2.94. The molecule has 3 aromatic carbocycles. The van der Waals surface area contributed by atoms with Gasteiger partial charge in [-0.1, -0.05) is 41.7 Å². The highest BCUT2D eigenvalue weighted by Gasteiger charge is 2.16. The summed E-state index contributed by atoms with van der Waals surface area (Å²) in [6, 6.07) is 25.1. The molecule has 5 aromatic rings. The first kappa shape index (κ1) is 26.9. The number of anilines is 2. The molecule has 2 heterocycles. The predicted molar refractivity (Wildman–Crippen MR) is 159 cm³/mol. The molecule has 0 aliphatic carbocycles. The van der Waals surface area contributed by atoms with E-state index in [0.29, 0.717) is 22.1 Å². The highest BCUT2D eigenvalue weighted by Crippen LogP contribution is 2.27. The van der Waals surface area contributed by atoms with Crippen molar-refractivity contribution in [2.75, 3.05) is 16.4 Å². The second-order valence-electron chi connectivity index (χ2n) is 8.70. The van der Waals surface area contributed by atoms with E-state index in [1.807, 2.05) is 31.2 Å². The number of thiazole rings is 1. The molecular formula is C30H24N4O4S2. The first-order valence-corrected chi connectivity index (χ1v) is 14.1. The highest BCUT2D eigenvalue weighted by atomic mass is 32.2. The number of rotatable bonds is 9. The number of aryl methyl sites for hydroxylation is 1. The van der Waals surface area contributed by atoms with Crippen LogP contribution in [0.25, 0.3) is 16.3 Å². The maximum atomic E-state index is 13.2. The maximum absolute atomic E-state index is 13.2. The fraction of sp³-hybridized carbons (Fsp3) is 0.0667. The lowest BCUT2D eigenvalue weighted by molar-refractivity contribution is -0.114. The van der Waals surface area contributed by atoms with E-state index in [1.54, 1.807) is 60.7 Å². The number of carbonyl (C=O) groups excluding carboxylic acids is 3. The predicted octanol–water partition coefficient (Wildman–Crippen LogP) is 6.34. The third kappa shape index (κ3) is 7.04. The van der Waals surface area contributed by atoms with Crippen LogP contribution in [0, 0.1) is 6.92 Å². The van der Waals surface area contributed by atoms with Gasteiger partial charge in [-0.25, -0.2) is 4.98 Å². The fourth-order valence-electron chi connectivity index (χ4n) is 3.71. The van der Waals surface area contributed by atoms with E-state index in [2.05, 4.69) is 20.9 Å². The Balaban J connectivity index is 1.22. The van der Waals surface area contributed by atoms with Crippen molar-refractivity contribution in [2.45, 2.75) is 11.8 Å². The van der Waals surface area contributed by atoms with E-state index in [1.165, 1.54) is 35.4 Å². The van der Waals surface area contributed by atoms with Crippen LogP contribution in [0.2, 0.25) is 0 Å². The number of furan rings is 1. The number of nitrogens with zero attached hydrogens (tertiary/aromatic N) is 1. The molecule has 3 N–H and O–H groups in total. The van der Waals surface area contributed by atoms with Crippen molar-refractivity contribution in [3.8, 4) is 0 Å².